The minimum absolute atomic E-state index is 0.151. The molecule has 1 heterocycles. The van der Waals surface area contributed by atoms with Gasteiger partial charge in [-0.2, -0.15) is 0 Å². The molecular weight excluding hydrogens is 608 g/mol. The molecule has 13 nitrogen and oxygen atoms in total. The van der Waals surface area contributed by atoms with Gasteiger partial charge in [0.1, 0.15) is 0 Å². The van der Waals surface area contributed by atoms with Crippen LogP contribution in [0.25, 0.3) is 0 Å². The van der Waals surface area contributed by atoms with Crippen LogP contribution in [0.4, 0.5) is 0 Å². The molecule has 0 aliphatic carbocycles. The van der Waals surface area contributed by atoms with Crippen molar-refractivity contribution < 1.29 is 44.3 Å². The van der Waals surface area contributed by atoms with E-state index < -0.39 is 30.1 Å². The Morgan fingerprint density at radius 3 is 1.26 bits per heavy atom. The minimum atomic E-state index is -0.991. The number of aliphatic hydroxyl groups is 1. The Hall–Kier alpha value is -1.87. The second-order valence-corrected chi connectivity index (χ2v) is 12.9. The molecule has 2 atom stereocenters. The molecule has 1 saturated heterocycles. The number of rotatable bonds is 26. The number of nitrogens with zero attached hydrogens (tertiary/aromatic N) is 4. The summed E-state index contributed by atoms with van der Waals surface area (Å²) in [6.07, 6.45) is 12.9. The number of hydrogen-bond donors (Lipinski definition) is 4. The summed E-state index contributed by atoms with van der Waals surface area (Å²) in [4.78, 5) is 42.3. The van der Waals surface area contributed by atoms with Gasteiger partial charge in [0, 0.05) is 65.6 Å². The third-order valence-corrected chi connectivity index (χ3v) is 8.72. The first-order chi connectivity index (χ1) is 22.7. The highest BCUT2D eigenvalue weighted by atomic mass is 16.5. The monoisotopic (exact) mass is 674 g/mol. The van der Waals surface area contributed by atoms with Crippen molar-refractivity contribution in [1.82, 2.24) is 19.6 Å². The summed E-state index contributed by atoms with van der Waals surface area (Å²) >= 11 is 0. The summed E-state index contributed by atoms with van der Waals surface area (Å²) in [6.45, 7) is 8.33. The van der Waals surface area contributed by atoms with Crippen LogP contribution in [-0.4, -0.2) is 168 Å². The van der Waals surface area contributed by atoms with Crippen molar-refractivity contribution in [3.63, 3.8) is 0 Å². The van der Waals surface area contributed by atoms with Gasteiger partial charge in [-0.25, -0.2) is 0 Å². The van der Waals surface area contributed by atoms with E-state index >= 15 is 0 Å². The van der Waals surface area contributed by atoms with E-state index in [0.717, 1.165) is 25.7 Å². The molecule has 0 aromatic rings. The summed E-state index contributed by atoms with van der Waals surface area (Å²) in [5, 5.41) is 40.0. The van der Waals surface area contributed by atoms with Crippen molar-refractivity contribution in [2.24, 2.45) is 0 Å². The van der Waals surface area contributed by atoms with E-state index in [9.17, 15) is 34.8 Å². The topological polar surface area (TPSA) is 164 Å². The van der Waals surface area contributed by atoms with Crippen molar-refractivity contribution in [2.75, 3.05) is 98.4 Å². The molecule has 4 N–H and O–H groups in total. The first-order valence-electron chi connectivity index (χ1n) is 18.1. The first kappa shape index (κ1) is 43.2. The van der Waals surface area contributed by atoms with Crippen molar-refractivity contribution >= 4 is 17.9 Å². The Labute approximate surface area is 283 Å². The van der Waals surface area contributed by atoms with Crippen LogP contribution in [-0.2, 0) is 23.9 Å². The summed E-state index contributed by atoms with van der Waals surface area (Å²) in [7, 11) is 0. The van der Waals surface area contributed by atoms with Gasteiger partial charge in [-0.05, 0) is 12.8 Å². The molecule has 0 aromatic heterocycles. The van der Waals surface area contributed by atoms with Gasteiger partial charge < -0.3 is 29.9 Å². The Bertz CT molecular complexity index is 790. The number of carboxylic acids is 3. The number of aliphatic hydroxyl groups excluding tert-OH is 1. The molecule has 1 aliphatic heterocycles. The maximum Gasteiger partial charge on any atom is 0.317 e. The number of carbonyl (C=O) groups is 3. The second-order valence-electron chi connectivity index (χ2n) is 12.9. The average Bonchev–Trinajstić information content (AvgIpc) is 3.01. The van der Waals surface area contributed by atoms with Gasteiger partial charge in [0.25, 0.3) is 0 Å². The predicted octanol–water partition coefficient (Wildman–Crippen LogP) is 2.95. The molecule has 0 bridgehead atoms. The van der Waals surface area contributed by atoms with E-state index in [1.807, 2.05) is 0 Å². The van der Waals surface area contributed by atoms with Crippen LogP contribution >= 0.6 is 0 Å². The standard InChI is InChI=1S/C34H66N4O9/c1-3-5-7-9-11-13-23-46-28-30(31(39)29-47-24-14-12-10-8-6-4-2)38-21-19-36(26-33(42)43)17-15-35(25-32(40)41)16-18-37(20-22-38)27-34(44)45/h30-31,39H,3-29H2,1-2H3,(H,40,41)(H,42,43)(H,44,45). The zero-order valence-corrected chi connectivity index (χ0v) is 29.4. The van der Waals surface area contributed by atoms with Gasteiger partial charge >= 0.3 is 17.9 Å². The lowest BCUT2D eigenvalue weighted by Gasteiger charge is -2.38. The summed E-state index contributed by atoms with van der Waals surface area (Å²) in [5.41, 5.74) is 0. The molecule has 0 saturated carbocycles. The number of ether oxygens (including phenoxy) is 2. The largest absolute Gasteiger partial charge is 0.480 e. The quantitative estimate of drug-likeness (QED) is 0.0992. The van der Waals surface area contributed by atoms with Crippen molar-refractivity contribution in [3.05, 3.63) is 0 Å². The number of unbranched alkanes of at least 4 members (excludes halogenated alkanes) is 10. The Morgan fingerprint density at radius 1 is 0.532 bits per heavy atom. The van der Waals surface area contributed by atoms with E-state index in [0.29, 0.717) is 65.6 Å². The third-order valence-electron chi connectivity index (χ3n) is 8.72. The maximum absolute atomic E-state index is 11.7. The highest BCUT2D eigenvalue weighted by Gasteiger charge is 2.29. The van der Waals surface area contributed by atoms with Gasteiger partial charge in [-0.3, -0.25) is 34.0 Å². The van der Waals surface area contributed by atoms with Crippen LogP contribution in [0.2, 0.25) is 0 Å². The molecule has 1 fully saturated rings. The molecule has 1 rings (SSSR count). The minimum Gasteiger partial charge on any atom is -0.480 e. The second kappa shape index (κ2) is 28.0. The molecule has 0 amide bonds. The van der Waals surface area contributed by atoms with Gasteiger partial charge in [-0.1, -0.05) is 78.1 Å². The zero-order chi connectivity index (χ0) is 34.7. The van der Waals surface area contributed by atoms with Crippen LogP contribution in [0.3, 0.4) is 0 Å². The highest BCUT2D eigenvalue weighted by Crippen LogP contribution is 2.12. The van der Waals surface area contributed by atoms with Gasteiger partial charge in [0.15, 0.2) is 0 Å². The molecule has 1 aliphatic rings. The number of aliphatic carboxylic acids is 3. The molecule has 0 spiro atoms. The smallest absolute Gasteiger partial charge is 0.317 e. The fraction of sp³-hybridized carbons (Fsp3) is 0.912. The highest BCUT2D eigenvalue weighted by molar-refractivity contribution is 5.69. The SMILES string of the molecule is CCCCCCCCOCC(O)C(COCCCCCCCC)N1CCN(CC(=O)O)CCN(CC(=O)O)CCN(CC(=O)O)CC1. The van der Waals surface area contributed by atoms with Crippen LogP contribution in [0.15, 0.2) is 0 Å². The van der Waals surface area contributed by atoms with Crippen LogP contribution in [0, 0.1) is 0 Å². The molecule has 276 valence electrons. The lowest BCUT2D eigenvalue weighted by Crippen LogP contribution is -2.54. The third kappa shape index (κ3) is 23.2. The Balaban J connectivity index is 3.04. The normalized spacial score (nSPS) is 17.9. The van der Waals surface area contributed by atoms with Crippen LogP contribution in [0.1, 0.15) is 90.9 Å². The molecule has 47 heavy (non-hydrogen) atoms. The molecule has 0 radical (unpaired) electrons. The Kier molecular flexibility index (Phi) is 25.7. The maximum atomic E-state index is 11.7. The van der Waals surface area contributed by atoms with E-state index in [1.54, 1.807) is 14.7 Å². The van der Waals surface area contributed by atoms with E-state index in [-0.39, 0.29) is 32.8 Å². The molecular formula is C34H66N4O9. The number of carboxylic acid groups (broad SMARTS) is 3. The summed E-state index contributed by atoms with van der Waals surface area (Å²) in [6, 6.07) is -0.426. The fourth-order valence-electron chi connectivity index (χ4n) is 5.88. The van der Waals surface area contributed by atoms with Crippen molar-refractivity contribution in [1.29, 1.82) is 0 Å². The van der Waals surface area contributed by atoms with Crippen molar-refractivity contribution in [2.45, 2.75) is 103 Å². The summed E-state index contributed by atoms with van der Waals surface area (Å²) < 4.78 is 12.1. The fourth-order valence-corrected chi connectivity index (χ4v) is 5.88. The molecule has 13 heteroatoms. The average molecular weight is 675 g/mol. The molecule has 0 aromatic carbocycles. The van der Waals surface area contributed by atoms with Gasteiger partial charge in [0.05, 0.1) is 45.0 Å². The van der Waals surface area contributed by atoms with E-state index in [2.05, 4.69) is 18.7 Å². The van der Waals surface area contributed by atoms with E-state index in [4.69, 9.17) is 9.47 Å². The Morgan fingerprint density at radius 2 is 0.872 bits per heavy atom. The zero-order valence-electron chi connectivity index (χ0n) is 29.4. The summed E-state index contributed by atoms with van der Waals surface area (Å²) in [5.74, 6) is -2.93. The lowest BCUT2D eigenvalue weighted by molar-refractivity contribution is -0.140. The van der Waals surface area contributed by atoms with Gasteiger partial charge in [0.2, 0.25) is 0 Å². The van der Waals surface area contributed by atoms with E-state index in [1.165, 1.54) is 51.4 Å². The lowest BCUT2D eigenvalue weighted by atomic mass is 10.1. The van der Waals surface area contributed by atoms with Crippen LogP contribution < -0.4 is 0 Å². The van der Waals surface area contributed by atoms with Gasteiger partial charge in [-0.15, -0.1) is 0 Å². The number of hydrogen-bond acceptors (Lipinski definition) is 10. The predicted molar refractivity (Wildman–Crippen MR) is 182 cm³/mol. The molecule has 2 unspecified atom stereocenters. The van der Waals surface area contributed by atoms with Crippen LogP contribution in [0.5, 0.6) is 0 Å². The van der Waals surface area contributed by atoms with Crippen molar-refractivity contribution in [3.8, 4) is 0 Å². The first-order valence-corrected chi connectivity index (χ1v) is 18.1.